The number of halogens is 1. The van der Waals surface area contributed by atoms with Crippen molar-refractivity contribution in [3.05, 3.63) is 22.2 Å². The smallest absolute Gasteiger partial charge is 0.344 e. The average Bonchev–Trinajstić information content (AvgIpc) is 2.40. The number of rotatable bonds is 8. The molecular formula is C14H20BrNO4. The van der Waals surface area contributed by atoms with Crippen molar-refractivity contribution in [2.45, 2.75) is 32.4 Å². The second-order valence-electron chi connectivity index (χ2n) is 4.37. The third-order valence-corrected chi connectivity index (χ3v) is 3.35. The van der Waals surface area contributed by atoms with E-state index in [2.05, 4.69) is 21.2 Å². The molecule has 0 fully saturated rings. The monoisotopic (exact) mass is 345 g/mol. The molecule has 0 saturated heterocycles. The zero-order chi connectivity index (χ0) is 15.1. The summed E-state index contributed by atoms with van der Waals surface area (Å²) in [6.07, 6.45) is 0.304. The van der Waals surface area contributed by atoms with Crippen LogP contribution in [0.3, 0.4) is 0 Å². The number of hydrogen-bond donors (Lipinski definition) is 2. The Morgan fingerprint density at radius 1 is 1.50 bits per heavy atom. The molecule has 0 heterocycles. The van der Waals surface area contributed by atoms with Gasteiger partial charge in [0.1, 0.15) is 0 Å². The minimum atomic E-state index is -0.972. The first kappa shape index (κ1) is 16.8. The maximum Gasteiger partial charge on any atom is 0.344 e. The van der Waals surface area contributed by atoms with Crippen molar-refractivity contribution < 1.29 is 19.4 Å². The van der Waals surface area contributed by atoms with Crippen LogP contribution in [-0.2, 0) is 11.3 Å². The van der Waals surface area contributed by atoms with Gasteiger partial charge in [-0.2, -0.15) is 0 Å². The van der Waals surface area contributed by atoms with E-state index in [-0.39, 0.29) is 0 Å². The fourth-order valence-electron chi connectivity index (χ4n) is 1.83. The number of methoxy groups -OCH3 is 1. The number of hydrogen-bond acceptors (Lipinski definition) is 4. The topological polar surface area (TPSA) is 67.8 Å². The standard InChI is InChI=1S/C14H20BrNO4/c1-4-5-11(14(17)18)20-13-10(15)6-9(8-16-2)7-12(13)19-3/h6-7,11,16H,4-5,8H2,1-3H3,(H,17,18). The fourth-order valence-corrected chi connectivity index (χ4v) is 2.41. The summed E-state index contributed by atoms with van der Waals surface area (Å²) < 4.78 is 11.6. The van der Waals surface area contributed by atoms with Crippen LogP contribution in [0.25, 0.3) is 0 Å². The van der Waals surface area contributed by atoms with Crippen molar-refractivity contribution in [2.75, 3.05) is 14.2 Å². The Kier molecular flexibility index (Phi) is 6.81. The summed E-state index contributed by atoms with van der Waals surface area (Å²) in [5.41, 5.74) is 1.02. The lowest BCUT2D eigenvalue weighted by atomic mass is 10.2. The first-order chi connectivity index (χ1) is 9.53. The third kappa shape index (κ3) is 4.38. The van der Waals surface area contributed by atoms with E-state index in [1.165, 1.54) is 7.11 Å². The molecule has 1 atom stereocenters. The molecule has 1 unspecified atom stereocenters. The number of carboxylic acid groups (broad SMARTS) is 1. The largest absolute Gasteiger partial charge is 0.493 e. The van der Waals surface area contributed by atoms with Crippen LogP contribution in [0.15, 0.2) is 16.6 Å². The van der Waals surface area contributed by atoms with Gasteiger partial charge in [-0.3, -0.25) is 0 Å². The van der Waals surface area contributed by atoms with Gasteiger partial charge in [0.2, 0.25) is 0 Å². The van der Waals surface area contributed by atoms with E-state index in [1.54, 1.807) is 0 Å². The number of carboxylic acids is 1. The minimum Gasteiger partial charge on any atom is -0.493 e. The molecule has 0 radical (unpaired) electrons. The first-order valence-corrected chi connectivity index (χ1v) is 7.23. The summed E-state index contributed by atoms with van der Waals surface area (Å²) >= 11 is 3.41. The number of carbonyl (C=O) groups is 1. The average molecular weight is 346 g/mol. The van der Waals surface area contributed by atoms with Gasteiger partial charge < -0.3 is 19.9 Å². The molecule has 0 amide bonds. The number of benzene rings is 1. The summed E-state index contributed by atoms with van der Waals surface area (Å²) in [5.74, 6) is -0.0275. The lowest BCUT2D eigenvalue weighted by Crippen LogP contribution is -2.27. The second kappa shape index (κ2) is 8.11. The Bertz CT molecular complexity index is 465. The molecule has 0 aromatic heterocycles. The SMILES string of the molecule is CCCC(Oc1c(Br)cc(CNC)cc1OC)C(=O)O. The van der Waals surface area contributed by atoms with Crippen LogP contribution in [-0.4, -0.2) is 31.3 Å². The number of nitrogens with one attached hydrogen (secondary N) is 1. The molecule has 0 aliphatic rings. The van der Waals surface area contributed by atoms with E-state index in [4.69, 9.17) is 14.6 Å². The van der Waals surface area contributed by atoms with Gasteiger partial charge in [0.15, 0.2) is 17.6 Å². The lowest BCUT2D eigenvalue weighted by Gasteiger charge is -2.18. The molecule has 5 nitrogen and oxygen atoms in total. The summed E-state index contributed by atoms with van der Waals surface area (Å²) in [7, 11) is 3.39. The van der Waals surface area contributed by atoms with Crippen LogP contribution in [0.2, 0.25) is 0 Å². The zero-order valence-corrected chi connectivity index (χ0v) is 13.5. The first-order valence-electron chi connectivity index (χ1n) is 6.43. The van der Waals surface area contributed by atoms with E-state index in [1.807, 2.05) is 26.1 Å². The van der Waals surface area contributed by atoms with Gasteiger partial charge in [0.25, 0.3) is 0 Å². The Hall–Kier alpha value is -1.27. The summed E-state index contributed by atoms with van der Waals surface area (Å²) in [5, 5.41) is 12.2. The van der Waals surface area contributed by atoms with Gasteiger partial charge in [0, 0.05) is 6.54 Å². The van der Waals surface area contributed by atoms with Crippen molar-refractivity contribution >= 4 is 21.9 Å². The zero-order valence-electron chi connectivity index (χ0n) is 11.9. The molecule has 1 aromatic rings. The quantitative estimate of drug-likeness (QED) is 0.758. The minimum absolute atomic E-state index is 0.424. The highest BCUT2D eigenvalue weighted by Crippen LogP contribution is 2.37. The van der Waals surface area contributed by atoms with E-state index in [0.29, 0.717) is 28.9 Å². The predicted molar refractivity (Wildman–Crippen MR) is 80.4 cm³/mol. The van der Waals surface area contributed by atoms with Crippen LogP contribution in [0.5, 0.6) is 11.5 Å². The lowest BCUT2D eigenvalue weighted by molar-refractivity contribution is -0.145. The Labute approximate surface area is 127 Å². The van der Waals surface area contributed by atoms with Crippen LogP contribution in [0.4, 0.5) is 0 Å². The maximum absolute atomic E-state index is 11.2. The molecule has 112 valence electrons. The Balaban J connectivity index is 3.06. The Morgan fingerprint density at radius 2 is 2.20 bits per heavy atom. The molecule has 1 aromatic carbocycles. The molecule has 0 saturated carbocycles. The second-order valence-corrected chi connectivity index (χ2v) is 5.23. The van der Waals surface area contributed by atoms with E-state index < -0.39 is 12.1 Å². The molecule has 20 heavy (non-hydrogen) atoms. The van der Waals surface area contributed by atoms with Gasteiger partial charge in [-0.05, 0) is 47.1 Å². The van der Waals surface area contributed by atoms with Gasteiger partial charge in [-0.1, -0.05) is 13.3 Å². The predicted octanol–water partition coefficient (Wildman–Crippen LogP) is 2.81. The highest BCUT2D eigenvalue weighted by molar-refractivity contribution is 9.10. The van der Waals surface area contributed by atoms with Crippen LogP contribution in [0.1, 0.15) is 25.3 Å². The van der Waals surface area contributed by atoms with Crippen LogP contribution in [0, 0.1) is 0 Å². The fraction of sp³-hybridized carbons (Fsp3) is 0.500. The van der Waals surface area contributed by atoms with E-state index >= 15 is 0 Å². The Morgan fingerprint density at radius 3 is 2.70 bits per heavy atom. The van der Waals surface area contributed by atoms with Crippen molar-refractivity contribution in [3.8, 4) is 11.5 Å². The van der Waals surface area contributed by atoms with Gasteiger partial charge in [-0.25, -0.2) is 4.79 Å². The third-order valence-electron chi connectivity index (χ3n) is 2.76. The highest BCUT2D eigenvalue weighted by Gasteiger charge is 2.22. The molecule has 0 aliphatic carbocycles. The molecule has 0 bridgehead atoms. The van der Waals surface area contributed by atoms with Crippen molar-refractivity contribution in [1.82, 2.24) is 5.32 Å². The summed E-state index contributed by atoms with van der Waals surface area (Å²) in [6, 6.07) is 3.72. The molecule has 1 rings (SSSR count). The van der Waals surface area contributed by atoms with E-state index in [9.17, 15) is 4.79 Å². The molecule has 0 aliphatic heterocycles. The maximum atomic E-state index is 11.2. The van der Waals surface area contributed by atoms with Crippen LogP contribution >= 0.6 is 15.9 Å². The van der Waals surface area contributed by atoms with Gasteiger partial charge >= 0.3 is 5.97 Å². The number of ether oxygens (including phenoxy) is 2. The molecule has 0 spiro atoms. The summed E-state index contributed by atoms with van der Waals surface area (Å²) in [4.78, 5) is 11.2. The molecular weight excluding hydrogens is 326 g/mol. The van der Waals surface area contributed by atoms with Gasteiger partial charge in [-0.15, -0.1) is 0 Å². The summed E-state index contributed by atoms with van der Waals surface area (Å²) in [6.45, 7) is 2.61. The molecule has 2 N–H and O–H groups in total. The highest BCUT2D eigenvalue weighted by atomic mass is 79.9. The van der Waals surface area contributed by atoms with Crippen molar-refractivity contribution in [1.29, 1.82) is 0 Å². The van der Waals surface area contributed by atoms with Crippen molar-refractivity contribution in [2.24, 2.45) is 0 Å². The van der Waals surface area contributed by atoms with E-state index in [0.717, 1.165) is 12.0 Å². The van der Waals surface area contributed by atoms with Crippen LogP contribution < -0.4 is 14.8 Å². The van der Waals surface area contributed by atoms with Crippen molar-refractivity contribution in [3.63, 3.8) is 0 Å². The number of aliphatic carboxylic acids is 1. The molecule has 6 heteroatoms. The normalized spacial score (nSPS) is 12.0. The van der Waals surface area contributed by atoms with Gasteiger partial charge in [0.05, 0.1) is 11.6 Å².